The molecule has 3 aromatic rings. The summed E-state index contributed by atoms with van der Waals surface area (Å²) in [5.74, 6) is 0.911. The zero-order valence-corrected chi connectivity index (χ0v) is 15.4. The quantitative estimate of drug-likeness (QED) is 0.595. The van der Waals surface area contributed by atoms with E-state index in [-0.39, 0.29) is 5.91 Å². The van der Waals surface area contributed by atoms with E-state index in [9.17, 15) is 4.79 Å². The normalized spacial score (nSPS) is 10.6. The number of carbonyl (C=O) groups is 1. The molecule has 0 radical (unpaired) electrons. The number of amides is 1. The van der Waals surface area contributed by atoms with Gasteiger partial charge >= 0.3 is 0 Å². The molecule has 0 spiro atoms. The van der Waals surface area contributed by atoms with Gasteiger partial charge in [-0.25, -0.2) is 4.98 Å². The molecule has 1 amide bonds. The van der Waals surface area contributed by atoms with Crippen LogP contribution in [0, 0.1) is 0 Å². The molecule has 0 atom stereocenters. The molecule has 0 aliphatic heterocycles. The van der Waals surface area contributed by atoms with Crippen molar-refractivity contribution in [1.82, 2.24) is 4.98 Å². The summed E-state index contributed by atoms with van der Waals surface area (Å²) in [4.78, 5) is 16.6. The first kappa shape index (κ1) is 18.0. The second-order valence-corrected chi connectivity index (χ2v) is 6.70. The number of anilines is 3. The molecule has 0 aliphatic carbocycles. The number of nitrogens with zero attached hydrogens (tertiary/aromatic N) is 1. The lowest BCUT2D eigenvalue weighted by Crippen LogP contribution is -2.12. The van der Waals surface area contributed by atoms with Gasteiger partial charge in [0.2, 0.25) is 0 Å². The Morgan fingerprint density at radius 1 is 1.04 bits per heavy atom. The summed E-state index contributed by atoms with van der Waals surface area (Å²) in [5, 5.41) is 6.68. The Bertz CT molecular complexity index is 907. The van der Waals surface area contributed by atoms with Gasteiger partial charge in [-0.3, -0.25) is 4.79 Å². The standard InChI is InChI=1S/C21H20ClN3O/c1-14(2)18-8-3-4-9-19(18)25-20-11-10-17(13-23-20)24-21(26)15-6-5-7-16(22)12-15/h3-14H,1-2H3,(H,23,25)(H,24,26). The zero-order chi connectivity index (χ0) is 18.5. The van der Waals surface area contributed by atoms with Crippen molar-refractivity contribution in [3.8, 4) is 0 Å². The maximum Gasteiger partial charge on any atom is 0.255 e. The molecule has 0 unspecified atom stereocenters. The van der Waals surface area contributed by atoms with Crippen LogP contribution in [0.2, 0.25) is 5.02 Å². The summed E-state index contributed by atoms with van der Waals surface area (Å²) >= 11 is 5.92. The molecule has 0 saturated heterocycles. The van der Waals surface area contributed by atoms with Crippen molar-refractivity contribution in [2.45, 2.75) is 19.8 Å². The Hall–Kier alpha value is -2.85. The molecule has 0 aliphatic rings. The number of para-hydroxylation sites is 1. The van der Waals surface area contributed by atoms with Crippen molar-refractivity contribution in [1.29, 1.82) is 0 Å². The summed E-state index contributed by atoms with van der Waals surface area (Å²) in [6, 6.07) is 18.6. The van der Waals surface area contributed by atoms with Crippen molar-refractivity contribution in [2.24, 2.45) is 0 Å². The molecule has 26 heavy (non-hydrogen) atoms. The number of aromatic nitrogens is 1. The molecule has 0 saturated carbocycles. The third-order valence-corrected chi connectivity index (χ3v) is 4.19. The molecule has 1 aromatic heterocycles. The summed E-state index contributed by atoms with van der Waals surface area (Å²) < 4.78 is 0. The highest BCUT2D eigenvalue weighted by Crippen LogP contribution is 2.26. The van der Waals surface area contributed by atoms with Crippen molar-refractivity contribution in [3.63, 3.8) is 0 Å². The zero-order valence-electron chi connectivity index (χ0n) is 14.7. The van der Waals surface area contributed by atoms with Crippen molar-refractivity contribution >= 4 is 34.7 Å². The van der Waals surface area contributed by atoms with Crippen molar-refractivity contribution in [3.05, 3.63) is 83.0 Å². The van der Waals surface area contributed by atoms with Crippen LogP contribution < -0.4 is 10.6 Å². The van der Waals surface area contributed by atoms with E-state index >= 15 is 0 Å². The minimum atomic E-state index is -0.222. The molecular weight excluding hydrogens is 346 g/mol. The van der Waals surface area contributed by atoms with Crippen LogP contribution in [0.15, 0.2) is 66.9 Å². The van der Waals surface area contributed by atoms with Gasteiger partial charge in [0, 0.05) is 16.3 Å². The number of hydrogen-bond acceptors (Lipinski definition) is 3. The van der Waals surface area contributed by atoms with Gasteiger partial charge in [-0.15, -0.1) is 0 Å². The second kappa shape index (κ2) is 8.02. The van der Waals surface area contributed by atoms with E-state index in [0.717, 1.165) is 11.5 Å². The average Bonchev–Trinajstić information content (AvgIpc) is 2.63. The van der Waals surface area contributed by atoms with Gasteiger partial charge in [0.15, 0.2) is 0 Å². The third-order valence-electron chi connectivity index (χ3n) is 3.95. The highest BCUT2D eigenvalue weighted by molar-refractivity contribution is 6.31. The molecule has 2 aromatic carbocycles. The Kier molecular flexibility index (Phi) is 5.54. The maximum atomic E-state index is 12.2. The molecule has 0 fully saturated rings. The molecule has 4 nitrogen and oxygen atoms in total. The monoisotopic (exact) mass is 365 g/mol. The van der Waals surface area contributed by atoms with E-state index in [0.29, 0.717) is 22.2 Å². The van der Waals surface area contributed by atoms with E-state index in [1.165, 1.54) is 5.56 Å². The summed E-state index contributed by atoms with van der Waals surface area (Å²) in [6.07, 6.45) is 1.63. The van der Waals surface area contributed by atoms with Crippen LogP contribution in [0.4, 0.5) is 17.2 Å². The largest absolute Gasteiger partial charge is 0.340 e. The molecule has 5 heteroatoms. The van der Waals surface area contributed by atoms with Gasteiger partial charge in [-0.2, -0.15) is 0 Å². The molecule has 1 heterocycles. The number of benzene rings is 2. The predicted octanol–water partition coefficient (Wildman–Crippen LogP) is 5.85. The predicted molar refractivity (Wildman–Crippen MR) is 107 cm³/mol. The van der Waals surface area contributed by atoms with E-state index < -0.39 is 0 Å². The number of nitrogens with one attached hydrogen (secondary N) is 2. The van der Waals surface area contributed by atoms with Crippen LogP contribution in [-0.4, -0.2) is 10.9 Å². The van der Waals surface area contributed by atoms with Gasteiger partial charge in [0.25, 0.3) is 5.91 Å². The van der Waals surface area contributed by atoms with Gasteiger partial charge < -0.3 is 10.6 Å². The number of halogens is 1. The summed E-state index contributed by atoms with van der Waals surface area (Å²) in [7, 11) is 0. The fraction of sp³-hybridized carbons (Fsp3) is 0.143. The van der Waals surface area contributed by atoms with Gasteiger partial charge in [0.1, 0.15) is 5.82 Å². The Labute approximate surface area is 158 Å². The number of pyridine rings is 1. The van der Waals surface area contributed by atoms with E-state index in [1.807, 2.05) is 30.3 Å². The highest BCUT2D eigenvalue weighted by atomic mass is 35.5. The number of hydrogen-bond donors (Lipinski definition) is 2. The van der Waals surface area contributed by atoms with Crippen LogP contribution >= 0.6 is 11.6 Å². The molecule has 3 rings (SSSR count). The van der Waals surface area contributed by atoms with Gasteiger partial charge in [-0.1, -0.05) is 49.7 Å². The lowest BCUT2D eigenvalue weighted by molar-refractivity contribution is 0.102. The van der Waals surface area contributed by atoms with Crippen molar-refractivity contribution in [2.75, 3.05) is 10.6 Å². The van der Waals surface area contributed by atoms with Crippen LogP contribution in [0.25, 0.3) is 0 Å². The van der Waals surface area contributed by atoms with Crippen LogP contribution in [0.3, 0.4) is 0 Å². The Balaban J connectivity index is 1.70. The SMILES string of the molecule is CC(C)c1ccccc1Nc1ccc(NC(=O)c2cccc(Cl)c2)cn1. The van der Waals surface area contributed by atoms with E-state index in [1.54, 1.807) is 30.5 Å². The van der Waals surface area contributed by atoms with Gasteiger partial charge in [-0.05, 0) is 47.9 Å². The lowest BCUT2D eigenvalue weighted by Gasteiger charge is -2.14. The minimum absolute atomic E-state index is 0.222. The topological polar surface area (TPSA) is 54.0 Å². The fourth-order valence-electron chi connectivity index (χ4n) is 2.63. The van der Waals surface area contributed by atoms with E-state index in [2.05, 4.69) is 35.5 Å². The number of carbonyl (C=O) groups excluding carboxylic acids is 1. The Morgan fingerprint density at radius 3 is 2.54 bits per heavy atom. The van der Waals surface area contributed by atoms with Crippen LogP contribution in [0.5, 0.6) is 0 Å². The molecule has 2 N–H and O–H groups in total. The van der Waals surface area contributed by atoms with Crippen molar-refractivity contribution < 1.29 is 4.79 Å². The smallest absolute Gasteiger partial charge is 0.255 e. The van der Waals surface area contributed by atoms with Crippen LogP contribution in [-0.2, 0) is 0 Å². The average molecular weight is 366 g/mol. The van der Waals surface area contributed by atoms with Gasteiger partial charge in [0.05, 0.1) is 11.9 Å². The molecule has 132 valence electrons. The first-order valence-electron chi connectivity index (χ1n) is 8.42. The molecular formula is C21H20ClN3O. The molecule has 0 bridgehead atoms. The maximum absolute atomic E-state index is 12.2. The lowest BCUT2D eigenvalue weighted by atomic mass is 10.0. The number of rotatable bonds is 5. The van der Waals surface area contributed by atoms with Crippen LogP contribution in [0.1, 0.15) is 35.7 Å². The second-order valence-electron chi connectivity index (χ2n) is 6.26. The minimum Gasteiger partial charge on any atom is -0.340 e. The summed E-state index contributed by atoms with van der Waals surface area (Å²) in [6.45, 7) is 4.31. The third kappa shape index (κ3) is 4.41. The van der Waals surface area contributed by atoms with E-state index in [4.69, 9.17) is 11.6 Å². The highest BCUT2D eigenvalue weighted by Gasteiger charge is 2.08. The summed E-state index contributed by atoms with van der Waals surface area (Å²) in [5.41, 5.74) is 3.39. The fourth-order valence-corrected chi connectivity index (χ4v) is 2.82. The first-order valence-corrected chi connectivity index (χ1v) is 8.79. The Morgan fingerprint density at radius 2 is 1.85 bits per heavy atom. The first-order chi connectivity index (χ1) is 12.5.